The van der Waals surface area contributed by atoms with E-state index in [4.69, 9.17) is 4.74 Å². The number of hydrogen-bond acceptors (Lipinski definition) is 2. The molecule has 0 aromatic heterocycles. The van der Waals surface area contributed by atoms with Gasteiger partial charge in [-0.1, -0.05) is 0 Å². The molecule has 4 heteroatoms. The number of nitrogens with one attached hydrogen (secondary N) is 1. The molecule has 10 heavy (non-hydrogen) atoms. The predicted octanol–water partition coefficient (Wildman–Crippen LogP) is 0.241. The van der Waals surface area contributed by atoms with Crippen molar-refractivity contribution in [2.24, 2.45) is 5.41 Å². The first-order chi connectivity index (χ1) is 4.66. The fourth-order valence-corrected chi connectivity index (χ4v) is 1.42. The number of alkyl halides is 2. The fraction of sp³-hybridized carbons (Fsp3) is 1.00. The standard InChI is InChI=1S/C6H9F2NO/c7-6(8)4-10-3-5(6)1-9-2-5/h9H,1-4H2. The summed E-state index contributed by atoms with van der Waals surface area (Å²) in [6, 6.07) is 0. The lowest BCUT2D eigenvalue weighted by Gasteiger charge is -2.41. The lowest BCUT2D eigenvalue weighted by Crippen LogP contribution is -2.62. The summed E-state index contributed by atoms with van der Waals surface area (Å²) in [7, 11) is 0. The third-order valence-corrected chi connectivity index (χ3v) is 2.36. The van der Waals surface area contributed by atoms with E-state index in [0.29, 0.717) is 13.1 Å². The molecule has 2 aliphatic heterocycles. The maximum absolute atomic E-state index is 12.9. The number of rotatable bonds is 0. The molecule has 1 N–H and O–H groups in total. The molecule has 0 aliphatic carbocycles. The van der Waals surface area contributed by atoms with E-state index in [1.807, 2.05) is 0 Å². The average Bonchev–Trinajstić information content (AvgIpc) is 2.02. The maximum atomic E-state index is 12.9. The molecule has 2 fully saturated rings. The van der Waals surface area contributed by atoms with Crippen LogP contribution in [0.5, 0.6) is 0 Å². The van der Waals surface area contributed by atoms with Crippen LogP contribution in [0.3, 0.4) is 0 Å². The monoisotopic (exact) mass is 149 g/mol. The highest BCUT2D eigenvalue weighted by Gasteiger charge is 2.61. The van der Waals surface area contributed by atoms with E-state index in [-0.39, 0.29) is 6.61 Å². The third-order valence-electron chi connectivity index (χ3n) is 2.36. The second-order valence-corrected chi connectivity index (χ2v) is 3.08. The summed E-state index contributed by atoms with van der Waals surface area (Å²) in [6.07, 6.45) is 0. The Hall–Kier alpha value is -0.220. The second kappa shape index (κ2) is 1.68. The zero-order chi connectivity index (χ0) is 7.24. The first-order valence-electron chi connectivity index (χ1n) is 3.33. The highest BCUT2D eigenvalue weighted by molar-refractivity contribution is 5.05. The number of halogens is 2. The zero-order valence-corrected chi connectivity index (χ0v) is 5.49. The van der Waals surface area contributed by atoms with Gasteiger partial charge in [-0.15, -0.1) is 0 Å². The summed E-state index contributed by atoms with van der Waals surface area (Å²) in [6.45, 7) is 0.627. The molecule has 2 saturated heterocycles. The molecule has 2 rings (SSSR count). The summed E-state index contributed by atoms with van der Waals surface area (Å²) in [5, 5.41) is 2.84. The molecule has 0 saturated carbocycles. The Morgan fingerprint density at radius 3 is 2.10 bits per heavy atom. The summed E-state index contributed by atoms with van der Waals surface area (Å²) in [5.41, 5.74) is -0.854. The van der Waals surface area contributed by atoms with Crippen molar-refractivity contribution in [1.29, 1.82) is 0 Å². The topological polar surface area (TPSA) is 21.3 Å². The van der Waals surface area contributed by atoms with Gasteiger partial charge in [-0.05, 0) is 0 Å². The van der Waals surface area contributed by atoms with E-state index in [1.54, 1.807) is 0 Å². The molecule has 2 nitrogen and oxygen atoms in total. The third kappa shape index (κ3) is 0.582. The lowest BCUT2D eigenvalue weighted by molar-refractivity contribution is -0.109. The Morgan fingerprint density at radius 2 is 1.90 bits per heavy atom. The fourth-order valence-electron chi connectivity index (χ4n) is 1.42. The molecule has 0 aromatic rings. The van der Waals surface area contributed by atoms with E-state index in [0.717, 1.165) is 0 Å². The first-order valence-corrected chi connectivity index (χ1v) is 3.33. The van der Waals surface area contributed by atoms with Gasteiger partial charge >= 0.3 is 0 Å². The molecule has 2 aliphatic rings. The van der Waals surface area contributed by atoms with Crippen LogP contribution in [0, 0.1) is 5.41 Å². The molecule has 0 unspecified atom stereocenters. The van der Waals surface area contributed by atoms with Crippen LogP contribution in [-0.2, 0) is 4.74 Å². The smallest absolute Gasteiger partial charge is 0.281 e. The van der Waals surface area contributed by atoms with Crippen molar-refractivity contribution in [3.8, 4) is 0 Å². The van der Waals surface area contributed by atoms with Crippen molar-refractivity contribution >= 4 is 0 Å². The minimum absolute atomic E-state index is 0.215. The van der Waals surface area contributed by atoms with Gasteiger partial charge in [-0.25, -0.2) is 8.78 Å². The van der Waals surface area contributed by atoms with E-state index in [9.17, 15) is 8.78 Å². The second-order valence-electron chi connectivity index (χ2n) is 3.08. The van der Waals surface area contributed by atoms with Crippen molar-refractivity contribution in [2.75, 3.05) is 26.3 Å². The first kappa shape index (κ1) is 6.49. The Balaban J connectivity index is 2.20. The van der Waals surface area contributed by atoms with E-state index >= 15 is 0 Å². The van der Waals surface area contributed by atoms with Crippen LogP contribution in [-0.4, -0.2) is 32.2 Å². The lowest BCUT2D eigenvalue weighted by atomic mass is 9.78. The highest BCUT2D eigenvalue weighted by Crippen LogP contribution is 2.44. The average molecular weight is 149 g/mol. The van der Waals surface area contributed by atoms with Gasteiger partial charge < -0.3 is 10.1 Å². The number of hydrogen-bond donors (Lipinski definition) is 1. The molecule has 0 aromatic carbocycles. The van der Waals surface area contributed by atoms with E-state index in [1.165, 1.54) is 0 Å². The van der Waals surface area contributed by atoms with Gasteiger partial charge in [0.15, 0.2) is 0 Å². The molecule has 0 bridgehead atoms. The quantitative estimate of drug-likeness (QED) is 0.532. The molecule has 58 valence electrons. The van der Waals surface area contributed by atoms with Crippen LogP contribution in [0.4, 0.5) is 8.78 Å². The van der Waals surface area contributed by atoms with E-state index < -0.39 is 17.9 Å². The summed E-state index contributed by atoms with van der Waals surface area (Å²) in [4.78, 5) is 0. The summed E-state index contributed by atoms with van der Waals surface area (Å²) < 4.78 is 30.5. The van der Waals surface area contributed by atoms with Gasteiger partial charge in [0, 0.05) is 13.1 Å². The normalized spacial score (nSPS) is 34.2. The Bertz CT molecular complexity index is 156. The Labute approximate surface area is 57.5 Å². The van der Waals surface area contributed by atoms with Crippen molar-refractivity contribution < 1.29 is 13.5 Å². The van der Waals surface area contributed by atoms with Crippen LogP contribution in [0.25, 0.3) is 0 Å². The minimum Gasteiger partial charge on any atom is -0.374 e. The van der Waals surface area contributed by atoms with Crippen LogP contribution in [0.2, 0.25) is 0 Å². The summed E-state index contributed by atoms with van der Waals surface area (Å²) in [5.74, 6) is -2.60. The van der Waals surface area contributed by atoms with Crippen LogP contribution in [0.15, 0.2) is 0 Å². The molecular formula is C6H9F2NO. The van der Waals surface area contributed by atoms with Gasteiger partial charge in [-0.2, -0.15) is 0 Å². The SMILES string of the molecule is FC1(F)COCC12CNC2. The Kier molecular flexibility index (Phi) is 1.09. The van der Waals surface area contributed by atoms with Gasteiger partial charge in [0.05, 0.1) is 12.0 Å². The number of ether oxygens (including phenoxy) is 1. The van der Waals surface area contributed by atoms with Crippen LogP contribution < -0.4 is 5.32 Å². The van der Waals surface area contributed by atoms with Gasteiger partial charge in [-0.3, -0.25) is 0 Å². The molecule has 2 heterocycles. The maximum Gasteiger partial charge on any atom is 0.281 e. The largest absolute Gasteiger partial charge is 0.374 e. The Morgan fingerprint density at radius 1 is 1.20 bits per heavy atom. The molecule has 0 radical (unpaired) electrons. The van der Waals surface area contributed by atoms with Gasteiger partial charge in [0.25, 0.3) is 5.92 Å². The highest BCUT2D eigenvalue weighted by atomic mass is 19.3. The zero-order valence-electron chi connectivity index (χ0n) is 5.49. The van der Waals surface area contributed by atoms with Gasteiger partial charge in [0.1, 0.15) is 6.61 Å². The van der Waals surface area contributed by atoms with Crippen molar-refractivity contribution in [1.82, 2.24) is 5.32 Å². The molecule has 1 spiro atoms. The predicted molar refractivity (Wildman–Crippen MR) is 31.1 cm³/mol. The minimum atomic E-state index is -2.60. The molecule has 0 amide bonds. The van der Waals surface area contributed by atoms with E-state index in [2.05, 4.69) is 5.32 Å². The van der Waals surface area contributed by atoms with Crippen molar-refractivity contribution in [3.63, 3.8) is 0 Å². The van der Waals surface area contributed by atoms with Crippen LogP contribution >= 0.6 is 0 Å². The van der Waals surface area contributed by atoms with Crippen LogP contribution in [0.1, 0.15) is 0 Å². The summed E-state index contributed by atoms with van der Waals surface area (Å²) >= 11 is 0. The van der Waals surface area contributed by atoms with Crippen molar-refractivity contribution in [3.05, 3.63) is 0 Å². The van der Waals surface area contributed by atoms with Crippen molar-refractivity contribution in [2.45, 2.75) is 5.92 Å². The molecule has 0 atom stereocenters. The molecular weight excluding hydrogens is 140 g/mol. The van der Waals surface area contributed by atoms with Gasteiger partial charge in [0.2, 0.25) is 0 Å².